The number of aryl methyl sites for hydroxylation is 1. The van der Waals surface area contributed by atoms with Gasteiger partial charge in [-0.15, -0.1) is 0 Å². The minimum absolute atomic E-state index is 0.0183. The van der Waals surface area contributed by atoms with E-state index in [0.29, 0.717) is 10.0 Å². The Kier molecular flexibility index (Phi) is 6.31. The smallest absolute Gasteiger partial charge is 0.220 e. The maximum Gasteiger partial charge on any atom is 0.220 e. The first-order valence-corrected chi connectivity index (χ1v) is 9.24. The maximum absolute atomic E-state index is 13.8. The first-order chi connectivity index (χ1) is 13.3. The fourth-order valence-electron chi connectivity index (χ4n) is 2.67. The van der Waals surface area contributed by atoms with Crippen molar-refractivity contribution >= 4 is 29.1 Å². The molecule has 0 fully saturated rings. The van der Waals surface area contributed by atoms with Gasteiger partial charge in [-0.2, -0.15) is 0 Å². The van der Waals surface area contributed by atoms with Gasteiger partial charge in [-0.1, -0.05) is 35.3 Å². The second-order valence-electron chi connectivity index (χ2n) is 6.18. The van der Waals surface area contributed by atoms with Crippen molar-refractivity contribution in [1.29, 1.82) is 0 Å². The lowest BCUT2D eigenvalue weighted by molar-refractivity contribution is -0.121. The molecule has 146 valence electrons. The van der Waals surface area contributed by atoms with Crippen LogP contribution in [0.5, 0.6) is 0 Å². The van der Waals surface area contributed by atoms with E-state index >= 15 is 0 Å². The Morgan fingerprint density at radius 1 is 1.18 bits per heavy atom. The molecule has 1 amide bonds. The van der Waals surface area contributed by atoms with Crippen LogP contribution in [0.1, 0.15) is 30.8 Å². The van der Waals surface area contributed by atoms with Crippen molar-refractivity contribution in [3.05, 3.63) is 75.7 Å². The Bertz CT molecular complexity index is 987. The third kappa shape index (κ3) is 4.69. The molecule has 0 aliphatic rings. The summed E-state index contributed by atoms with van der Waals surface area (Å²) in [6.07, 6.45) is 1.54. The van der Waals surface area contributed by atoms with E-state index in [1.165, 1.54) is 12.3 Å². The van der Waals surface area contributed by atoms with Gasteiger partial charge < -0.3 is 9.73 Å². The Labute approximate surface area is 170 Å². The van der Waals surface area contributed by atoms with Crippen molar-refractivity contribution in [3.63, 3.8) is 0 Å². The van der Waals surface area contributed by atoms with Crippen molar-refractivity contribution in [2.45, 2.75) is 25.8 Å². The molecule has 0 spiro atoms. The van der Waals surface area contributed by atoms with E-state index in [1.807, 2.05) is 6.92 Å². The third-order valence-electron chi connectivity index (χ3n) is 4.15. The Morgan fingerprint density at radius 2 is 1.89 bits per heavy atom. The van der Waals surface area contributed by atoms with Crippen LogP contribution in [-0.2, 0) is 11.2 Å². The van der Waals surface area contributed by atoms with Gasteiger partial charge in [-0.3, -0.25) is 4.79 Å². The first kappa shape index (κ1) is 20.3. The van der Waals surface area contributed by atoms with E-state index in [9.17, 15) is 13.6 Å². The number of nitrogens with zero attached hydrogens (tertiary/aromatic N) is 1. The van der Waals surface area contributed by atoms with Gasteiger partial charge in [-0.05, 0) is 36.8 Å². The van der Waals surface area contributed by atoms with Gasteiger partial charge in [0, 0.05) is 12.8 Å². The molecule has 1 heterocycles. The van der Waals surface area contributed by atoms with E-state index in [0.717, 1.165) is 17.7 Å². The number of carbonyl (C=O) groups is 1. The standard InChI is InChI=1S/C20H16Cl2F2N2O2/c1-11(12-5-6-13(21)14(22)9-12)26-18(27)7-8-19-25-10-17(28-19)20-15(23)3-2-4-16(20)24/h2-6,9-11H,7-8H2,1H3,(H,26,27). The largest absolute Gasteiger partial charge is 0.441 e. The molecule has 0 aliphatic carbocycles. The van der Waals surface area contributed by atoms with Gasteiger partial charge in [0.25, 0.3) is 0 Å². The van der Waals surface area contributed by atoms with Gasteiger partial charge >= 0.3 is 0 Å². The number of carbonyl (C=O) groups excluding carboxylic acids is 1. The summed E-state index contributed by atoms with van der Waals surface area (Å²) >= 11 is 11.9. The van der Waals surface area contributed by atoms with E-state index in [4.69, 9.17) is 27.6 Å². The number of aromatic nitrogens is 1. The van der Waals surface area contributed by atoms with E-state index in [2.05, 4.69) is 10.3 Å². The lowest BCUT2D eigenvalue weighted by atomic mass is 10.1. The maximum atomic E-state index is 13.8. The molecule has 0 bridgehead atoms. The highest BCUT2D eigenvalue weighted by molar-refractivity contribution is 6.42. The molecule has 2 aromatic carbocycles. The molecule has 4 nitrogen and oxygen atoms in total. The van der Waals surface area contributed by atoms with Crippen molar-refractivity contribution in [2.24, 2.45) is 0 Å². The van der Waals surface area contributed by atoms with Crippen LogP contribution in [0.25, 0.3) is 11.3 Å². The van der Waals surface area contributed by atoms with Crippen LogP contribution in [0.15, 0.2) is 47.0 Å². The number of halogens is 4. The fraction of sp³-hybridized carbons (Fsp3) is 0.200. The average molecular weight is 425 g/mol. The normalized spacial score (nSPS) is 12.0. The van der Waals surface area contributed by atoms with Gasteiger partial charge in [-0.25, -0.2) is 13.8 Å². The van der Waals surface area contributed by atoms with E-state index < -0.39 is 11.6 Å². The quantitative estimate of drug-likeness (QED) is 0.548. The molecule has 3 aromatic rings. The summed E-state index contributed by atoms with van der Waals surface area (Å²) in [4.78, 5) is 16.2. The molecule has 0 saturated carbocycles. The summed E-state index contributed by atoms with van der Waals surface area (Å²) in [5.41, 5.74) is 0.537. The van der Waals surface area contributed by atoms with Crippen molar-refractivity contribution in [3.8, 4) is 11.3 Å². The first-order valence-electron chi connectivity index (χ1n) is 8.48. The monoisotopic (exact) mass is 424 g/mol. The number of nitrogens with one attached hydrogen (secondary N) is 1. The molecule has 0 saturated heterocycles. The van der Waals surface area contributed by atoms with Crippen molar-refractivity contribution < 1.29 is 18.0 Å². The Balaban J connectivity index is 1.59. The molecule has 1 N–H and O–H groups in total. The second kappa shape index (κ2) is 8.71. The molecular weight excluding hydrogens is 409 g/mol. The Hall–Kier alpha value is -2.44. The molecule has 8 heteroatoms. The van der Waals surface area contributed by atoms with Crippen LogP contribution in [-0.4, -0.2) is 10.9 Å². The van der Waals surface area contributed by atoms with Crippen LogP contribution in [0.4, 0.5) is 8.78 Å². The summed E-state index contributed by atoms with van der Waals surface area (Å²) in [7, 11) is 0. The second-order valence-corrected chi connectivity index (χ2v) is 6.99. The lowest BCUT2D eigenvalue weighted by Crippen LogP contribution is -2.26. The molecule has 1 unspecified atom stereocenters. The molecule has 28 heavy (non-hydrogen) atoms. The highest BCUT2D eigenvalue weighted by Gasteiger charge is 2.17. The number of benzene rings is 2. The van der Waals surface area contributed by atoms with Crippen LogP contribution in [0, 0.1) is 11.6 Å². The number of rotatable bonds is 6. The van der Waals surface area contributed by atoms with Gasteiger partial charge in [0.05, 0.1) is 27.8 Å². The highest BCUT2D eigenvalue weighted by atomic mass is 35.5. The molecule has 0 radical (unpaired) electrons. The lowest BCUT2D eigenvalue weighted by Gasteiger charge is -2.14. The summed E-state index contributed by atoms with van der Waals surface area (Å²) in [6.45, 7) is 1.82. The molecule has 3 rings (SSSR count). The summed E-state index contributed by atoms with van der Waals surface area (Å²) in [6, 6.07) is 8.41. The van der Waals surface area contributed by atoms with Crippen molar-refractivity contribution in [2.75, 3.05) is 0 Å². The zero-order chi connectivity index (χ0) is 20.3. The van der Waals surface area contributed by atoms with Crippen LogP contribution >= 0.6 is 23.2 Å². The molecule has 1 aromatic heterocycles. The number of hydrogen-bond donors (Lipinski definition) is 1. The predicted molar refractivity (Wildman–Crippen MR) is 103 cm³/mol. The zero-order valence-electron chi connectivity index (χ0n) is 14.8. The molecular formula is C20H16Cl2F2N2O2. The van der Waals surface area contributed by atoms with Crippen LogP contribution < -0.4 is 5.32 Å². The zero-order valence-corrected chi connectivity index (χ0v) is 16.3. The number of amides is 1. The minimum Gasteiger partial charge on any atom is -0.441 e. The fourth-order valence-corrected chi connectivity index (χ4v) is 2.98. The van der Waals surface area contributed by atoms with Crippen LogP contribution in [0.3, 0.4) is 0 Å². The topological polar surface area (TPSA) is 55.1 Å². The summed E-state index contributed by atoms with van der Waals surface area (Å²) in [5.74, 6) is -1.51. The minimum atomic E-state index is -0.740. The average Bonchev–Trinajstić information content (AvgIpc) is 3.10. The Morgan fingerprint density at radius 3 is 2.57 bits per heavy atom. The highest BCUT2D eigenvalue weighted by Crippen LogP contribution is 2.27. The number of oxazole rings is 1. The van der Waals surface area contributed by atoms with Crippen molar-refractivity contribution in [1.82, 2.24) is 10.3 Å². The predicted octanol–water partition coefficient (Wildman–Crippen LogP) is 5.74. The van der Waals surface area contributed by atoms with E-state index in [-0.39, 0.29) is 42.0 Å². The SMILES string of the molecule is CC(NC(=O)CCc1ncc(-c2c(F)cccc2F)o1)c1ccc(Cl)c(Cl)c1. The number of hydrogen-bond acceptors (Lipinski definition) is 3. The van der Waals surface area contributed by atoms with Gasteiger partial charge in [0.2, 0.25) is 5.91 Å². The summed E-state index contributed by atoms with van der Waals surface area (Å²) in [5, 5.41) is 3.69. The molecule has 1 atom stereocenters. The van der Waals surface area contributed by atoms with Gasteiger partial charge in [0.1, 0.15) is 11.6 Å². The van der Waals surface area contributed by atoms with Gasteiger partial charge in [0.15, 0.2) is 11.7 Å². The molecule has 0 aliphatic heterocycles. The summed E-state index contributed by atoms with van der Waals surface area (Å²) < 4.78 is 33.0. The van der Waals surface area contributed by atoms with Crippen LogP contribution in [0.2, 0.25) is 10.0 Å². The third-order valence-corrected chi connectivity index (χ3v) is 4.89. The van der Waals surface area contributed by atoms with E-state index in [1.54, 1.807) is 18.2 Å².